The number of benzene rings is 2. The number of amides is 2. The summed E-state index contributed by atoms with van der Waals surface area (Å²) in [6.07, 6.45) is 0.228. The molecule has 1 N–H and O–H groups in total. The van der Waals surface area contributed by atoms with Crippen LogP contribution in [-0.4, -0.2) is 43.2 Å². The second-order valence-corrected chi connectivity index (χ2v) is 7.01. The van der Waals surface area contributed by atoms with Crippen LogP contribution in [0.5, 0.6) is 17.2 Å². The van der Waals surface area contributed by atoms with Gasteiger partial charge in [-0.3, -0.25) is 9.59 Å². The Morgan fingerprint density at radius 2 is 1.89 bits per heavy atom. The fourth-order valence-electron chi connectivity index (χ4n) is 3.17. The highest BCUT2D eigenvalue weighted by molar-refractivity contribution is 6.30. The molecule has 0 aliphatic carbocycles. The molecule has 0 fully saturated rings. The zero-order valence-corrected chi connectivity index (χ0v) is 15.8. The zero-order valence-electron chi connectivity index (χ0n) is 15.1. The highest BCUT2D eigenvalue weighted by Crippen LogP contribution is 2.32. The lowest BCUT2D eigenvalue weighted by molar-refractivity contribution is -0.133. The topological polar surface area (TPSA) is 77.1 Å². The van der Waals surface area contributed by atoms with Gasteiger partial charge in [0, 0.05) is 30.2 Å². The maximum Gasteiger partial charge on any atom is 0.260 e. The van der Waals surface area contributed by atoms with Gasteiger partial charge in [-0.2, -0.15) is 0 Å². The molecule has 2 amide bonds. The molecule has 8 heteroatoms. The van der Waals surface area contributed by atoms with Crippen LogP contribution >= 0.6 is 11.6 Å². The maximum atomic E-state index is 12.3. The summed E-state index contributed by atoms with van der Waals surface area (Å²) in [5, 5.41) is 3.44. The first kappa shape index (κ1) is 18.4. The third-order valence-corrected chi connectivity index (χ3v) is 4.83. The summed E-state index contributed by atoms with van der Waals surface area (Å²) in [6.45, 7) is 1.31. The molecule has 146 valence electrons. The number of nitrogens with one attached hydrogen (secondary N) is 1. The Morgan fingerprint density at radius 3 is 2.79 bits per heavy atom. The average Bonchev–Trinajstić information content (AvgIpc) is 3.08. The first-order chi connectivity index (χ1) is 13.6. The summed E-state index contributed by atoms with van der Waals surface area (Å²) in [5.74, 6) is 1.74. The number of carbonyl (C=O) groups excluding carboxylic acids is 2. The average molecular weight is 403 g/mol. The van der Waals surface area contributed by atoms with Crippen LogP contribution in [0.15, 0.2) is 36.4 Å². The lowest BCUT2D eigenvalue weighted by atomic mass is 10.1. The smallest absolute Gasteiger partial charge is 0.260 e. The Morgan fingerprint density at radius 1 is 1.07 bits per heavy atom. The summed E-state index contributed by atoms with van der Waals surface area (Å²) < 4.78 is 16.1. The molecule has 7 nitrogen and oxygen atoms in total. The van der Waals surface area contributed by atoms with Gasteiger partial charge in [0.15, 0.2) is 18.1 Å². The lowest BCUT2D eigenvalue weighted by Crippen LogP contribution is -2.39. The van der Waals surface area contributed by atoms with E-state index in [9.17, 15) is 9.59 Å². The highest BCUT2D eigenvalue weighted by Gasteiger charge is 2.21. The van der Waals surface area contributed by atoms with E-state index in [1.807, 2.05) is 6.07 Å². The molecule has 4 rings (SSSR count). The van der Waals surface area contributed by atoms with Crippen molar-refractivity contribution in [3.63, 3.8) is 0 Å². The summed E-state index contributed by atoms with van der Waals surface area (Å²) in [6, 6.07) is 10.7. The molecule has 2 aliphatic rings. The molecule has 2 aliphatic heterocycles. The molecule has 28 heavy (non-hydrogen) atoms. The van der Waals surface area contributed by atoms with Crippen molar-refractivity contribution in [2.75, 3.05) is 26.5 Å². The van der Waals surface area contributed by atoms with E-state index >= 15 is 0 Å². The summed E-state index contributed by atoms with van der Waals surface area (Å²) >= 11 is 6.04. The van der Waals surface area contributed by atoms with Crippen LogP contribution in [0.2, 0.25) is 5.02 Å². The van der Waals surface area contributed by atoms with E-state index in [0.717, 1.165) is 11.1 Å². The van der Waals surface area contributed by atoms with Crippen LogP contribution in [0.1, 0.15) is 11.1 Å². The third-order valence-electron chi connectivity index (χ3n) is 4.59. The Bertz CT molecular complexity index is 917. The summed E-state index contributed by atoms with van der Waals surface area (Å²) in [7, 11) is 0. The van der Waals surface area contributed by atoms with Gasteiger partial charge in [-0.1, -0.05) is 17.7 Å². The van der Waals surface area contributed by atoms with Gasteiger partial charge in [-0.15, -0.1) is 0 Å². The molecule has 2 aromatic rings. The van der Waals surface area contributed by atoms with Crippen molar-refractivity contribution in [2.24, 2.45) is 0 Å². The van der Waals surface area contributed by atoms with Crippen molar-refractivity contribution in [3.8, 4) is 17.2 Å². The van der Waals surface area contributed by atoms with Crippen molar-refractivity contribution in [1.82, 2.24) is 10.2 Å². The van der Waals surface area contributed by atoms with Gasteiger partial charge in [-0.25, -0.2) is 0 Å². The van der Waals surface area contributed by atoms with Crippen LogP contribution in [-0.2, 0) is 22.6 Å². The van der Waals surface area contributed by atoms with E-state index in [-0.39, 0.29) is 31.6 Å². The van der Waals surface area contributed by atoms with E-state index in [1.165, 1.54) is 0 Å². The molecular formula is C20H19ClN2O5. The minimum atomic E-state index is -0.127. The predicted molar refractivity (Wildman–Crippen MR) is 102 cm³/mol. The Hall–Kier alpha value is -2.93. The van der Waals surface area contributed by atoms with E-state index in [2.05, 4.69) is 5.32 Å². The van der Waals surface area contributed by atoms with Crippen molar-refractivity contribution in [3.05, 3.63) is 52.5 Å². The minimum Gasteiger partial charge on any atom is -0.483 e. The third kappa shape index (κ3) is 4.14. The van der Waals surface area contributed by atoms with E-state index in [1.54, 1.807) is 35.2 Å². The fourth-order valence-corrected chi connectivity index (χ4v) is 3.36. The quantitative estimate of drug-likeness (QED) is 0.829. The monoisotopic (exact) mass is 402 g/mol. The predicted octanol–water partition coefficient (Wildman–Crippen LogP) is 2.15. The van der Waals surface area contributed by atoms with Gasteiger partial charge >= 0.3 is 0 Å². The molecule has 2 heterocycles. The first-order valence-electron chi connectivity index (χ1n) is 8.93. The van der Waals surface area contributed by atoms with Crippen molar-refractivity contribution < 1.29 is 23.8 Å². The normalized spacial score (nSPS) is 14.9. The molecule has 0 atom stereocenters. The van der Waals surface area contributed by atoms with Crippen LogP contribution in [0, 0.1) is 0 Å². The van der Waals surface area contributed by atoms with E-state index < -0.39 is 0 Å². The van der Waals surface area contributed by atoms with E-state index in [0.29, 0.717) is 41.9 Å². The number of hydrogen-bond acceptors (Lipinski definition) is 5. The van der Waals surface area contributed by atoms with E-state index in [4.69, 9.17) is 25.8 Å². The van der Waals surface area contributed by atoms with Crippen molar-refractivity contribution >= 4 is 23.4 Å². The van der Waals surface area contributed by atoms with Crippen LogP contribution in [0.4, 0.5) is 0 Å². The number of nitrogens with zero attached hydrogens (tertiary/aromatic N) is 1. The Balaban J connectivity index is 1.30. The Labute approximate surface area is 167 Å². The SMILES string of the molecule is O=C(Cc1ccc2c(c1)OCO2)NCCN1Cc2cc(Cl)ccc2OCC1=O. The van der Waals surface area contributed by atoms with Gasteiger partial charge in [0.05, 0.1) is 6.42 Å². The highest BCUT2D eigenvalue weighted by atomic mass is 35.5. The molecule has 0 radical (unpaired) electrons. The second kappa shape index (κ2) is 7.98. The molecule has 0 aromatic heterocycles. The van der Waals surface area contributed by atoms with Gasteiger partial charge in [0.25, 0.3) is 5.91 Å². The van der Waals surface area contributed by atoms with Gasteiger partial charge in [-0.05, 0) is 35.9 Å². The van der Waals surface area contributed by atoms with Gasteiger partial charge in [0.1, 0.15) is 5.75 Å². The minimum absolute atomic E-state index is 0.0280. The van der Waals surface area contributed by atoms with Crippen molar-refractivity contribution in [1.29, 1.82) is 0 Å². The molecule has 0 bridgehead atoms. The fraction of sp³-hybridized carbons (Fsp3) is 0.300. The first-order valence-corrected chi connectivity index (χ1v) is 9.30. The number of ether oxygens (including phenoxy) is 3. The second-order valence-electron chi connectivity index (χ2n) is 6.57. The van der Waals surface area contributed by atoms with Crippen LogP contribution in [0.25, 0.3) is 0 Å². The largest absolute Gasteiger partial charge is 0.483 e. The number of halogens is 1. The standard InChI is InChI=1S/C20H19ClN2O5/c21-15-2-4-16-14(9-15)10-23(20(25)11-26-16)6-5-22-19(24)8-13-1-3-17-18(7-13)28-12-27-17/h1-4,7,9H,5-6,8,10-12H2,(H,22,24). The van der Waals surface area contributed by atoms with Crippen LogP contribution < -0.4 is 19.5 Å². The number of rotatable bonds is 5. The number of fused-ring (bicyclic) bond motifs is 2. The van der Waals surface area contributed by atoms with Crippen molar-refractivity contribution in [2.45, 2.75) is 13.0 Å². The molecule has 0 unspecified atom stereocenters. The molecular weight excluding hydrogens is 384 g/mol. The number of carbonyl (C=O) groups is 2. The molecule has 0 saturated heterocycles. The summed E-state index contributed by atoms with van der Waals surface area (Å²) in [4.78, 5) is 26.1. The number of hydrogen-bond donors (Lipinski definition) is 1. The van der Waals surface area contributed by atoms with Gasteiger partial charge in [0.2, 0.25) is 12.7 Å². The zero-order chi connectivity index (χ0) is 19.5. The lowest BCUT2D eigenvalue weighted by Gasteiger charge is -2.20. The van der Waals surface area contributed by atoms with Gasteiger partial charge < -0.3 is 24.4 Å². The maximum absolute atomic E-state index is 12.3. The molecule has 2 aromatic carbocycles. The Kier molecular flexibility index (Phi) is 5.25. The molecule has 0 spiro atoms. The summed E-state index contributed by atoms with van der Waals surface area (Å²) in [5.41, 5.74) is 1.69. The molecule has 0 saturated carbocycles. The van der Waals surface area contributed by atoms with Crippen LogP contribution in [0.3, 0.4) is 0 Å².